The van der Waals surface area contributed by atoms with Crippen molar-refractivity contribution in [3.63, 3.8) is 0 Å². The van der Waals surface area contributed by atoms with Crippen molar-refractivity contribution in [3.8, 4) is 0 Å². The van der Waals surface area contributed by atoms with E-state index in [1.54, 1.807) is 0 Å². The van der Waals surface area contributed by atoms with Crippen molar-refractivity contribution in [1.82, 2.24) is 10.2 Å². The molecule has 1 heterocycles. The van der Waals surface area contributed by atoms with E-state index in [9.17, 15) is 18.7 Å². The first-order valence-corrected chi connectivity index (χ1v) is 7.12. The van der Waals surface area contributed by atoms with Crippen LogP contribution >= 0.6 is 0 Å². The second-order valence-electron chi connectivity index (χ2n) is 5.39. The fourth-order valence-electron chi connectivity index (χ4n) is 2.57. The Hall–Kier alpha value is -1.53. The average molecular weight is 298 g/mol. The summed E-state index contributed by atoms with van der Waals surface area (Å²) in [4.78, 5) is 13.9. The Morgan fingerprint density at radius 2 is 2.14 bits per heavy atom. The minimum absolute atomic E-state index is 0.171. The van der Waals surface area contributed by atoms with Gasteiger partial charge in [0.15, 0.2) is 17.2 Å². The quantitative estimate of drug-likeness (QED) is 0.864. The standard InChI is InChI=1S/C15H20F2N2O2/c1-2-18-10-15(21)6-3-7-19(14(15)20)9-11-4-5-12(16)13(17)8-11/h4-5,8,18,21H,2-3,6-7,9-10H2,1H3. The van der Waals surface area contributed by atoms with Crippen LogP contribution in [0.5, 0.6) is 0 Å². The second kappa shape index (κ2) is 6.49. The fraction of sp³-hybridized carbons (Fsp3) is 0.533. The molecule has 1 unspecified atom stereocenters. The lowest BCUT2D eigenvalue weighted by atomic mass is 9.91. The molecule has 1 aliphatic heterocycles. The molecular weight excluding hydrogens is 278 g/mol. The smallest absolute Gasteiger partial charge is 0.256 e. The molecule has 1 amide bonds. The molecule has 0 aromatic heterocycles. The number of piperidine rings is 1. The van der Waals surface area contributed by atoms with E-state index in [0.29, 0.717) is 31.5 Å². The predicted molar refractivity (Wildman–Crippen MR) is 74.5 cm³/mol. The van der Waals surface area contributed by atoms with Crippen molar-refractivity contribution in [3.05, 3.63) is 35.4 Å². The Morgan fingerprint density at radius 3 is 2.81 bits per heavy atom. The first kappa shape index (κ1) is 15.9. The van der Waals surface area contributed by atoms with Crippen LogP contribution in [0.4, 0.5) is 8.78 Å². The third-order valence-corrected chi connectivity index (χ3v) is 3.73. The van der Waals surface area contributed by atoms with Crippen LogP contribution in [0, 0.1) is 11.6 Å². The molecule has 1 aromatic rings. The molecule has 4 nitrogen and oxygen atoms in total. The van der Waals surface area contributed by atoms with E-state index in [1.165, 1.54) is 11.0 Å². The van der Waals surface area contributed by atoms with Gasteiger partial charge in [0.05, 0.1) is 0 Å². The van der Waals surface area contributed by atoms with Gasteiger partial charge >= 0.3 is 0 Å². The molecule has 2 N–H and O–H groups in total. The number of nitrogens with one attached hydrogen (secondary N) is 1. The highest BCUT2D eigenvalue weighted by Crippen LogP contribution is 2.24. The molecule has 0 bridgehead atoms. The summed E-state index contributed by atoms with van der Waals surface area (Å²) >= 11 is 0. The van der Waals surface area contributed by atoms with Gasteiger partial charge in [-0.25, -0.2) is 8.78 Å². The van der Waals surface area contributed by atoms with E-state index in [1.807, 2.05) is 6.92 Å². The van der Waals surface area contributed by atoms with Crippen LogP contribution in [0.15, 0.2) is 18.2 Å². The molecule has 0 saturated carbocycles. The summed E-state index contributed by atoms with van der Waals surface area (Å²) < 4.78 is 26.1. The average Bonchev–Trinajstić information content (AvgIpc) is 2.46. The van der Waals surface area contributed by atoms with E-state index in [4.69, 9.17) is 0 Å². The number of amides is 1. The lowest BCUT2D eigenvalue weighted by Crippen LogP contribution is -2.57. The van der Waals surface area contributed by atoms with Crippen LogP contribution in [-0.4, -0.2) is 41.1 Å². The number of likely N-dealkylation sites (N-methyl/N-ethyl adjacent to an activating group) is 1. The maximum absolute atomic E-state index is 13.2. The van der Waals surface area contributed by atoms with Gasteiger partial charge in [-0.15, -0.1) is 0 Å². The summed E-state index contributed by atoms with van der Waals surface area (Å²) in [7, 11) is 0. The number of aliphatic hydroxyl groups is 1. The lowest BCUT2D eigenvalue weighted by Gasteiger charge is -2.38. The van der Waals surface area contributed by atoms with Crippen LogP contribution in [-0.2, 0) is 11.3 Å². The molecule has 1 aliphatic rings. The van der Waals surface area contributed by atoms with Gasteiger partial charge in [-0.05, 0) is 37.1 Å². The van der Waals surface area contributed by atoms with Gasteiger partial charge in [0, 0.05) is 19.6 Å². The van der Waals surface area contributed by atoms with Gasteiger partial charge in [0.2, 0.25) is 0 Å². The minimum atomic E-state index is -1.41. The van der Waals surface area contributed by atoms with E-state index in [0.717, 1.165) is 12.1 Å². The SMILES string of the molecule is CCNCC1(O)CCCN(Cc2ccc(F)c(F)c2)C1=O. The first-order chi connectivity index (χ1) is 9.96. The van der Waals surface area contributed by atoms with Gasteiger partial charge in [-0.1, -0.05) is 13.0 Å². The molecule has 6 heteroatoms. The molecule has 21 heavy (non-hydrogen) atoms. The molecular formula is C15H20F2N2O2. The number of likely N-dealkylation sites (tertiary alicyclic amines) is 1. The molecule has 1 atom stereocenters. The second-order valence-corrected chi connectivity index (χ2v) is 5.39. The summed E-state index contributed by atoms with van der Waals surface area (Å²) in [5, 5.41) is 13.4. The lowest BCUT2D eigenvalue weighted by molar-refractivity contribution is -0.157. The summed E-state index contributed by atoms with van der Waals surface area (Å²) in [6, 6.07) is 3.58. The largest absolute Gasteiger partial charge is 0.379 e. The molecule has 1 aromatic carbocycles. The third kappa shape index (κ3) is 3.57. The normalized spacial score (nSPS) is 22.7. The van der Waals surface area contributed by atoms with E-state index in [2.05, 4.69) is 5.32 Å². The number of hydrogen-bond acceptors (Lipinski definition) is 3. The summed E-state index contributed by atoms with van der Waals surface area (Å²) in [6.07, 6.45) is 1.09. The first-order valence-electron chi connectivity index (χ1n) is 7.12. The molecule has 0 aliphatic carbocycles. The number of rotatable bonds is 5. The monoisotopic (exact) mass is 298 g/mol. The van der Waals surface area contributed by atoms with Gasteiger partial charge in [0.25, 0.3) is 5.91 Å². The van der Waals surface area contributed by atoms with E-state index in [-0.39, 0.29) is 19.0 Å². The zero-order valence-electron chi connectivity index (χ0n) is 12.0. The summed E-state index contributed by atoms with van der Waals surface area (Å²) in [5.74, 6) is -2.20. The number of hydrogen-bond donors (Lipinski definition) is 2. The Kier molecular flexibility index (Phi) is 4.90. The highest BCUT2D eigenvalue weighted by molar-refractivity contribution is 5.86. The molecule has 1 fully saturated rings. The predicted octanol–water partition coefficient (Wildman–Crippen LogP) is 1.43. The van der Waals surface area contributed by atoms with E-state index < -0.39 is 17.2 Å². The molecule has 1 saturated heterocycles. The molecule has 116 valence electrons. The third-order valence-electron chi connectivity index (χ3n) is 3.73. The van der Waals surface area contributed by atoms with Crippen molar-refractivity contribution < 1.29 is 18.7 Å². The Balaban J connectivity index is 2.08. The van der Waals surface area contributed by atoms with Crippen LogP contribution < -0.4 is 5.32 Å². The Bertz CT molecular complexity index is 524. The maximum atomic E-state index is 13.2. The Labute approximate surface area is 122 Å². The van der Waals surface area contributed by atoms with Crippen molar-refractivity contribution in [1.29, 1.82) is 0 Å². The van der Waals surface area contributed by atoms with Crippen LogP contribution in [0.2, 0.25) is 0 Å². The van der Waals surface area contributed by atoms with Crippen molar-refractivity contribution in [2.45, 2.75) is 31.9 Å². The summed E-state index contributed by atoms with van der Waals surface area (Å²) in [6.45, 7) is 3.45. The van der Waals surface area contributed by atoms with Gasteiger partial charge in [0.1, 0.15) is 0 Å². The minimum Gasteiger partial charge on any atom is -0.379 e. The topological polar surface area (TPSA) is 52.6 Å². The zero-order valence-corrected chi connectivity index (χ0v) is 12.0. The highest BCUT2D eigenvalue weighted by Gasteiger charge is 2.41. The highest BCUT2D eigenvalue weighted by atomic mass is 19.2. The van der Waals surface area contributed by atoms with Gasteiger partial charge < -0.3 is 15.3 Å². The Morgan fingerprint density at radius 1 is 1.38 bits per heavy atom. The molecule has 0 radical (unpaired) electrons. The van der Waals surface area contributed by atoms with Crippen LogP contribution in [0.3, 0.4) is 0 Å². The van der Waals surface area contributed by atoms with Crippen molar-refractivity contribution in [2.24, 2.45) is 0 Å². The number of carbonyl (C=O) groups excluding carboxylic acids is 1. The molecule has 2 rings (SSSR count). The molecule has 0 spiro atoms. The van der Waals surface area contributed by atoms with Crippen LogP contribution in [0.1, 0.15) is 25.3 Å². The van der Waals surface area contributed by atoms with Gasteiger partial charge in [-0.3, -0.25) is 4.79 Å². The van der Waals surface area contributed by atoms with Crippen LogP contribution in [0.25, 0.3) is 0 Å². The maximum Gasteiger partial charge on any atom is 0.256 e. The summed E-state index contributed by atoms with van der Waals surface area (Å²) in [5.41, 5.74) is -0.901. The number of halogens is 2. The zero-order chi connectivity index (χ0) is 15.5. The number of carbonyl (C=O) groups is 1. The number of benzene rings is 1. The van der Waals surface area contributed by atoms with E-state index >= 15 is 0 Å². The number of nitrogens with zero attached hydrogens (tertiary/aromatic N) is 1. The van der Waals surface area contributed by atoms with Gasteiger partial charge in [-0.2, -0.15) is 0 Å². The fourth-order valence-corrected chi connectivity index (χ4v) is 2.57. The van der Waals surface area contributed by atoms with Crippen molar-refractivity contribution >= 4 is 5.91 Å². The van der Waals surface area contributed by atoms with Crippen molar-refractivity contribution in [2.75, 3.05) is 19.6 Å².